The van der Waals surface area contributed by atoms with Crippen LogP contribution in [-0.4, -0.2) is 51.1 Å². The summed E-state index contributed by atoms with van der Waals surface area (Å²) in [7, 11) is 5.52. The number of halogens is 1. The minimum Gasteiger partial charge on any atom is -0.383 e. The summed E-state index contributed by atoms with van der Waals surface area (Å²) in [5, 5.41) is 3.30. The van der Waals surface area contributed by atoms with Gasteiger partial charge in [0.2, 0.25) is 5.91 Å². The number of rotatable bonds is 9. The van der Waals surface area contributed by atoms with Crippen LogP contribution in [0.2, 0.25) is 5.02 Å². The van der Waals surface area contributed by atoms with E-state index in [1.54, 1.807) is 36.3 Å². The van der Waals surface area contributed by atoms with Gasteiger partial charge < -0.3 is 19.9 Å². The zero-order chi connectivity index (χ0) is 22.3. The predicted molar refractivity (Wildman–Crippen MR) is 122 cm³/mol. The Bertz CT molecular complexity index is 884. The molecule has 1 N–H and O–H groups in total. The van der Waals surface area contributed by atoms with Crippen molar-refractivity contribution in [2.75, 3.05) is 44.6 Å². The quantitative estimate of drug-likeness (QED) is 0.643. The second-order valence-electron chi connectivity index (χ2n) is 7.58. The number of carbonyl (C=O) groups is 2. The van der Waals surface area contributed by atoms with Gasteiger partial charge in [0.15, 0.2) is 0 Å². The van der Waals surface area contributed by atoms with Crippen LogP contribution in [0, 0.1) is 5.92 Å². The van der Waals surface area contributed by atoms with E-state index in [4.69, 9.17) is 16.3 Å². The Labute approximate surface area is 183 Å². The third-order valence-corrected chi connectivity index (χ3v) is 5.00. The highest BCUT2D eigenvalue weighted by Gasteiger charge is 2.20. The van der Waals surface area contributed by atoms with E-state index in [1.165, 1.54) is 0 Å². The number of hydrogen-bond donors (Lipinski definition) is 1. The van der Waals surface area contributed by atoms with Crippen LogP contribution in [0.3, 0.4) is 0 Å². The number of nitrogens with zero attached hydrogens (tertiary/aromatic N) is 2. The van der Waals surface area contributed by atoms with Crippen LogP contribution in [0.4, 0.5) is 11.4 Å². The first-order valence-electron chi connectivity index (χ1n) is 9.88. The van der Waals surface area contributed by atoms with Gasteiger partial charge in [0, 0.05) is 51.6 Å². The van der Waals surface area contributed by atoms with E-state index in [0.29, 0.717) is 36.0 Å². The van der Waals surface area contributed by atoms with Gasteiger partial charge in [0.05, 0.1) is 17.2 Å². The normalized spacial score (nSPS) is 10.8. The molecule has 30 heavy (non-hydrogen) atoms. The van der Waals surface area contributed by atoms with Crippen LogP contribution < -0.4 is 10.2 Å². The maximum absolute atomic E-state index is 12.7. The average molecular weight is 432 g/mol. The first-order valence-corrected chi connectivity index (χ1v) is 10.3. The molecule has 0 unspecified atom stereocenters. The molecule has 0 aromatic heterocycles. The molecule has 0 spiro atoms. The van der Waals surface area contributed by atoms with Crippen molar-refractivity contribution in [1.29, 1.82) is 0 Å². The van der Waals surface area contributed by atoms with E-state index in [2.05, 4.69) is 5.32 Å². The van der Waals surface area contributed by atoms with Crippen LogP contribution in [0.25, 0.3) is 0 Å². The molecule has 0 bridgehead atoms. The van der Waals surface area contributed by atoms with Crippen molar-refractivity contribution < 1.29 is 14.3 Å². The average Bonchev–Trinajstić information content (AvgIpc) is 2.70. The van der Waals surface area contributed by atoms with Crippen LogP contribution in [-0.2, 0) is 16.1 Å². The fourth-order valence-corrected chi connectivity index (χ4v) is 3.33. The largest absolute Gasteiger partial charge is 0.383 e. The minimum absolute atomic E-state index is 0.0577. The Morgan fingerprint density at radius 1 is 1.13 bits per heavy atom. The van der Waals surface area contributed by atoms with Crippen molar-refractivity contribution in [2.45, 2.75) is 20.4 Å². The van der Waals surface area contributed by atoms with E-state index in [0.717, 1.165) is 11.3 Å². The molecule has 0 heterocycles. The SMILES string of the molecule is COCCN(Cc1cc(NC(=O)c2ccccc2Cl)ccc1N(C)C)C(=O)C(C)C. The fourth-order valence-electron chi connectivity index (χ4n) is 3.11. The van der Waals surface area contributed by atoms with Crippen molar-refractivity contribution in [3.05, 3.63) is 58.6 Å². The van der Waals surface area contributed by atoms with Gasteiger partial charge in [-0.1, -0.05) is 37.6 Å². The number of amides is 2. The number of ether oxygens (including phenoxy) is 1. The van der Waals surface area contributed by atoms with Gasteiger partial charge in [-0.25, -0.2) is 0 Å². The molecule has 2 rings (SSSR count). The van der Waals surface area contributed by atoms with Crippen molar-refractivity contribution in [2.24, 2.45) is 5.92 Å². The lowest BCUT2D eigenvalue weighted by Gasteiger charge is -2.27. The van der Waals surface area contributed by atoms with E-state index < -0.39 is 0 Å². The summed E-state index contributed by atoms with van der Waals surface area (Å²) in [6.07, 6.45) is 0. The number of benzene rings is 2. The number of nitrogens with one attached hydrogen (secondary N) is 1. The highest BCUT2D eigenvalue weighted by atomic mass is 35.5. The number of carbonyl (C=O) groups excluding carboxylic acids is 2. The van der Waals surface area contributed by atoms with Crippen LogP contribution in [0.15, 0.2) is 42.5 Å². The molecule has 0 aliphatic heterocycles. The van der Waals surface area contributed by atoms with E-state index in [9.17, 15) is 9.59 Å². The molecule has 7 heteroatoms. The van der Waals surface area contributed by atoms with E-state index in [-0.39, 0.29) is 17.7 Å². The summed E-state index contributed by atoms with van der Waals surface area (Å²) < 4.78 is 5.18. The van der Waals surface area contributed by atoms with Crippen molar-refractivity contribution >= 4 is 34.8 Å². The Balaban J connectivity index is 2.31. The molecule has 2 aromatic rings. The van der Waals surface area contributed by atoms with Gasteiger partial charge in [0.1, 0.15) is 0 Å². The standard InChI is InChI=1S/C23H30ClN3O3/c1-16(2)23(29)27(12-13-30-5)15-17-14-18(10-11-21(17)26(3)4)25-22(28)19-8-6-7-9-20(19)24/h6-11,14,16H,12-13,15H2,1-5H3,(H,25,28). The predicted octanol–water partition coefficient (Wildman–Crippen LogP) is 4.29. The second kappa shape index (κ2) is 11.0. The third-order valence-electron chi connectivity index (χ3n) is 4.67. The number of methoxy groups -OCH3 is 1. The summed E-state index contributed by atoms with van der Waals surface area (Å²) in [5.74, 6) is -0.339. The second-order valence-corrected chi connectivity index (χ2v) is 7.99. The van der Waals surface area contributed by atoms with Crippen molar-refractivity contribution in [3.63, 3.8) is 0 Å². The molecular weight excluding hydrogens is 402 g/mol. The zero-order valence-electron chi connectivity index (χ0n) is 18.2. The third kappa shape index (κ3) is 6.21. The molecule has 162 valence electrons. The summed E-state index contributed by atoms with van der Waals surface area (Å²) >= 11 is 6.14. The molecule has 2 amide bonds. The van der Waals surface area contributed by atoms with Gasteiger partial charge in [-0.3, -0.25) is 9.59 Å². The molecule has 2 aromatic carbocycles. The van der Waals surface area contributed by atoms with Gasteiger partial charge in [-0.15, -0.1) is 0 Å². The monoisotopic (exact) mass is 431 g/mol. The van der Waals surface area contributed by atoms with E-state index >= 15 is 0 Å². The lowest BCUT2D eigenvalue weighted by Crippen LogP contribution is -2.36. The van der Waals surface area contributed by atoms with Gasteiger partial charge in [0.25, 0.3) is 5.91 Å². The zero-order valence-corrected chi connectivity index (χ0v) is 19.0. The minimum atomic E-state index is -0.279. The number of hydrogen-bond acceptors (Lipinski definition) is 4. The molecule has 0 saturated carbocycles. The topological polar surface area (TPSA) is 61.9 Å². The van der Waals surface area contributed by atoms with Gasteiger partial charge >= 0.3 is 0 Å². The summed E-state index contributed by atoms with van der Waals surface area (Å²) in [6, 6.07) is 12.6. The molecule has 0 radical (unpaired) electrons. The first kappa shape index (κ1) is 23.7. The first-order chi connectivity index (χ1) is 14.2. The molecular formula is C23H30ClN3O3. The smallest absolute Gasteiger partial charge is 0.257 e. The maximum Gasteiger partial charge on any atom is 0.257 e. The Hall–Kier alpha value is -2.57. The maximum atomic E-state index is 12.7. The van der Waals surface area contributed by atoms with Crippen LogP contribution in [0.5, 0.6) is 0 Å². The lowest BCUT2D eigenvalue weighted by molar-refractivity contribution is -0.135. The molecule has 0 saturated heterocycles. The highest BCUT2D eigenvalue weighted by molar-refractivity contribution is 6.34. The summed E-state index contributed by atoms with van der Waals surface area (Å²) in [4.78, 5) is 29.1. The Kier molecular flexibility index (Phi) is 8.69. The highest BCUT2D eigenvalue weighted by Crippen LogP contribution is 2.26. The molecule has 0 aliphatic rings. The Morgan fingerprint density at radius 3 is 2.43 bits per heavy atom. The number of anilines is 2. The van der Waals surface area contributed by atoms with Crippen LogP contribution >= 0.6 is 11.6 Å². The molecule has 0 fully saturated rings. The summed E-state index contributed by atoms with van der Waals surface area (Å²) in [5.41, 5.74) is 2.96. The van der Waals surface area contributed by atoms with Gasteiger partial charge in [-0.05, 0) is 35.9 Å². The van der Waals surface area contributed by atoms with Gasteiger partial charge in [-0.2, -0.15) is 0 Å². The Morgan fingerprint density at radius 2 is 1.83 bits per heavy atom. The van der Waals surface area contributed by atoms with Crippen molar-refractivity contribution in [3.8, 4) is 0 Å². The lowest BCUT2D eigenvalue weighted by atomic mass is 10.1. The van der Waals surface area contributed by atoms with Crippen LogP contribution in [0.1, 0.15) is 29.8 Å². The fraction of sp³-hybridized carbons (Fsp3) is 0.391. The van der Waals surface area contributed by atoms with Crippen molar-refractivity contribution in [1.82, 2.24) is 4.90 Å². The molecule has 6 nitrogen and oxygen atoms in total. The molecule has 0 atom stereocenters. The molecule has 0 aliphatic carbocycles. The summed E-state index contributed by atoms with van der Waals surface area (Å²) in [6.45, 7) is 5.14. The van der Waals surface area contributed by atoms with E-state index in [1.807, 2.05) is 51.0 Å².